The Balaban J connectivity index is 1.88. The number of hydrogen-bond acceptors (Lipinski definition) is 0. The zero-order valence-electron chi connectivity index (χ0n) is 12.0. The molecule has 20 heavy (non-hydrogen) atoms. The van der Waals surface area contributed by atoms with Gasteiger partial charge in [0.05, 0.1) is 0 Å². The van der Waals surface area contributed by atoms with E-state index in [0.29, 0.717) is 0 Å². The van der Waals surface area contributed by atoms with E-state index in [9.17, 15) is 0 Å². The zero-order chi connectivity index (χ0) is 13.9. The van der Waals surface area contributed by atoms with Crippen LogP contribution in [0.1, 0.15) is 49.7 Å². The zero-order valence-corrected chi connectivity index (χ0v) is 12.8. The van der Waals surface area contributed by atoms with Crippen LogP contribution in [0.25, 0.3) is 11.1 Å². The highest BCUT2D eigenvalue weighted by Crippen LogP contribution is 2.45. The summed E-state index contributed by atoms with van der Waals surface area (Å²) in [6.07, 6.45) is 6.33. The van der Waals surface area contributed by atoms with Crippen molar-refractivity contribution in [1.82, 2.24) is 0 Å². The van der Waals surface area contributed by atoms with Gasteiger partial charge >= 0.3 is 0 Å². The molecule has 0 spiro atoms. The summed E-state index contributed by atoms with van der Waals surface area (Å²) in [4.78, 5) is 0. The predicted molar refractivity (Wildman–Crippen MR) is 87.5 cm³/mol. The van der Waals surface area contributed by atoms with Crippen LogP contribution in [0.5, 0.6) is 0 Å². The maximum absolute atomic E-state index is 6.16. The van der Waals surface area contributed by atoms with Gasteiger partial charge in [0.2, 0.25) is 0 Å². The van der Waals surface area contributed by atoms with Crippen LogP contribution in [0, 0.1) is 0 Å². The molecular weight excluding hydrogens is 264 g/mol. The lowest BCUT2D eigenvalue weighted by Crippen LogP contribution is -1.89. The van der Waals surface area contributed by atoms with Crippen molar-refractivity contribution in [2.75, 3.05) is 0 Å². The van der Waals surface area contributed by atoms with E-state index < -0.39 is 0 Å². The fourth-order valence-electron chi connectivity index (χ4n) is 2.76. The maximum atomic E-state index is 6.16. The largest absolute Gasteiger partial charge is 0.0843 e. The lowest BCUT2D eigenvalue weighted by atomic mass is 9.95. The van der Waals surface area contributed by atoms with Gasteiger partial charge < -0.3 is 0 Å². The molecule has 0 radical (unpaired) electrons. The molecular formula is C19H21Cl. The Morgan fingerprint density at radius 1 is 1.05 bits per heavy atom. The van der Waals surface area contributed by atoms with Crippen LogP contribution in [-0.4, -0.2) is 0 Å². The summed E-state index contributed by atoms with van der Waals surface area (Å²) in [6, 6.07) is 15.4. The smallest absolute Gasteiger partial charge is 0.0409 e. The number of hydrogen-bond donors (Lipinski definition) is 0. The molecule has 104 valence electrons. The van der Waals surface area contributed by atoms with E-state index in [2.05, 4.69) is 43.3 Å². The fourth-order valence-corrected chi connectivity index (χ4v) is 2.94. The first kappa shape index (κ1) is 13.7. The Morgan fingerprint density at radius 3 is 2.45 bits per heavy atom. The number of unbranched alkanes of at least 4 members (excludes halogenated alkanes) is 1. The van der Waals surface area contributed by atoms with Crippen molar-refractivity contribution in [3.05, 3.63) is 58.6 Å². The second-order valence-electron chi connectivity index (χ2n) is 5.81. The molecule has 0 heterocycles. The van der Waals surface area contributed by atoms with Crippen molar-refractivity contribution >= 4 is 11.6 Å². The molecule has 0 aliphatic heterocycles. The molecule has 0 bridgehead atoms. The number of halogens is 1. The molecule has 3 rings (SSSR count). The van der Waals surface area contributed by atoms with Crippen molar-refractivity contribution in [2.24, 2.45) is 0 Å². The SMILES string of the molecule is CCCCc1ccc(-c2ccc(Cl)cc2C2CC2)cc1. The molecule has 0 saturated heterocycles. The predicted octanol–water partition coefficient (Wildman–Crippen LogP) is 6.23. The average molecular weight is 285 g/mol. The van der Waals surface area contributed by atoms with Crippen molar-refractivity contribution < 1.29 is 0 Å². The first-order chi connectivity index (χ1) is 9.78. The van der Waals surface area contributed by atoms with Crippen molar-refractivity contribution in [3.63, 3.8) is 0 Å². The number of benzene rings is 2. The van der Waals surface area contributed by atoms with Gasteiger partial charge in [-0.2, -0.15) is 0 Å². The highest BCUT2D eigenvalue weighted by Gasteiger charge is 2.26. The summed E-state index contributed by atoms with van der Waals surface area (Å²) >= 11 is 6.16. The fraction of sp³-hybridized carbons (Fsp3) is 0.368. The second-order valence-corrected chi connectivity index (χ2v) is 6.24. The van der Waals surface area contributed by atoms with E-state index >= 15 is 0 Å². The van der Waals surface area contributed by atoms with Gasteiger partial charge in [-0.3, -0.25) is 0 Å². The Kier molecular flexibility index (Phi) is 4.12. The molecule has 1 aliphatic rings. The third kappa shape index (κ3) is 3.07. The van der Waals surface area contributed by atoms with Gasteiger partial charge in [-0.15, -0.1) is 0 Å². The Morgan fingerprint density at radius 2 is 1.80 bits per heavy atom. The van der Waals surface area contributed by atoms with Gasteiger partial charge in [0.1, 0.15) is 0 Å². The molecule has 1 heteroatoms. The van der Waals surface area contributed by atoms with E-state index in [1.54, 1.807) is 0 Å². The normalized spacial score (nSPS) is 14.5. The van der Waals surface area contributed by atoms with Crippen LogP contribution in [-0.2, 0) is 6.42 Å². The summed E-state index contributed by atoms with van der Waals surface area (Å²) in [6.45, 7) is 2.24. The van der Waals surface area contributed by atoms with Gasteiger partial charge in [0.25, 0.3) is 0 Å². The van der Waals surface area contributed by atoms with Crippen LogP contribution in [0.3, 0.4) is 0 Å². The average Bonchev–Trinajstić information content (AvgIpc) is 3.30. The molecule has 2 aromatic rings. The Hall–Kier alpha value is -1.27. The van der Waals surface area contributed by atoms with E-state index in [0.717, 1.165) is 10.9 Å². The molecule has 1 fully saturated rings. The first-order valence-corrected chi connectivity index (χ1v) is 8.04. The lowest BCUT2D eigenvalue weighted by molar-refractivity contribution is 0.795. The van der Waals surface area contributed by atoms with Crippen molar-refractivity contribution in [2.45, 2.75) is 44.9 Å². The van der Waals surface area contributed by atoms with E-state index in [1.807, 2.05) is 6.07 Å². The summed E-state index contributed by atoms with van der Waals surface area (Å²) in [5.41, 5.74) is 5.55. The minimum absolute atomic E-state index is 0.725. The van der Waals surface area contributed by atoms with Crippen LogP contribution in [0.4, 0.5) is 0 Å². The molecule has 0 aromatic heterocycles. The van der Waals surface area contributed by atoms with Gasteiger partial charge in [-0.25, -0.2) is 0 Å². The van der Waals surface area contributed by atoms with Gasteiger partial charge in [0, 0.05) is 5.02 Å². The minimum Gasteiger partial charge on any atom is -0.0843 e. The highest BCUT2D eigenvalue weighted by atomic mass is 35.5. The lowest BCUT2D eigenvalue weighted by Gasteiger charge is -2.10. The molecule has 0 nitrogen and oxygen atoms in total. The first-order valence-electron chi connectivity index (χ1n) is 7.66. The van der Waals surface area contributed by atoms with Crippen molar-refractivity contribution in [3.8, 4) is 11.1 Å². The van der Waals surface area contributed by atoms with E-state index in [1.165, 1.54) is 54.4 Å². The monoisotopic (exact) mass is 284 g/mol. The van der Waals surface area contributed by atoms with E-state index in [4.69, 9.17) is 11.6 Å². The number of rotatable bonds is 5. The van der Waals surface area contributed by atoms with Crippen LogP contribution < -0.4 is 0 Å². The van der Waals surface area contributed by atoms with Crippen LogP contribution >= 0.6 is 11.6 Å². The quantitative estimate of drug-likeness (QED) is 0.611. The summed E-state index contributed by atoms with van der Waals surface area (Å²) in [5.74, 6) is 0.725. The van der Waals surface area contributed by atoms with Gasteiger partial charge in [0.15, 0.2) is 0 Å². The Bertz CT molecular complexity index is 579. The molecule has 2 aromatic carbocycles. The van der Waals surface area contributed by atoms with Gasteiger partial charge in [-0.05, 0) is 66.0 Å². The number of aryl methyl sites for hydroxylation is 1. The van der Waals surface area contributed by atoms with Gasteiger partial charge in [-0.1, -0.05) is 55.3 Å². The summed E-state index contributed by atoms with van der Waals surface area (Å²) in [7, 11) is 0. The molecule has 1 aliphatic carbocycles. The molecule has 0 N–H and O–H groups in total. The molecule has 0 amide bonds. The molecule has 0 unspecified atom stereocenters. The standard InChI is InChI=1S/C19H21Cl/c1-2-3-4-14-5-7-15(8-6-14)18-12-11-17(20)13-19(18)16-9-10-16/h5-8,11-13,16H,2-4,9-10H2,1H3. The minimum atomic E-state index is 0.725. The highest BCUT2D eigenvalue weighted by molar-refractivity contribution is 6.30. The molecule has 0 atom stereocenters. The van der Waals surface area contributed by atoms with Crippen molar-refractivity contribution in [1.29, 1.82) is 0 Å². The van der Waals surface area contributed by atoms with E-state index in [-0.39, 0.29) is 0 Å². The third-order valence-corrected chi connectivity index (χ3v) is 4.35. The third-order valence-electron chi connectivity index (χ3n) is 4.11. The molecule has 1 saturated carbocycles. The van der Waals surface area contributed by atoms with Crippen LogP contribution in [0.15, 0.2) is 42.5 Å². The topological polar surface area (TPSA) is 0 Å². The second kappa shape index (κ2) is 6.01. The summed E-state index contributed by atoms with van der Waals surface area (Å²) < 4.78 is 0. The Labute approximate surface area is 126 Å². The van der Waals surface area contributed by atoms with Crippen LogP contribution in [0.2, 0.25) is 5.02 Å². The maximum Gasteiger partial charge on any atom is 0.0409 e. The summed E-state index contributed by atoms with van der Waals surface area (Å²) in [5, 5.41) is 0.857.